The number of unbranched alkanes of at least 4 members (excludes halogenated alkanes) is 9. The summed E-state index contributed by atoms with van der Waals surface area (Å²) in [7, 11) is 0. The van der Waals surface area contributed by atoms with Crippen LogP contribution in [0, 0.1) is 52.3 Å². The van der Waals surface area contributed by atoms with E-state index in [1.54, 1.807) is 20.8 Å². The quantitative estimate of drug-likeness (QED) is 0.00863. The Hall–Kier alpha value is -8.91. The van der Waals surface area contributed by atoms with Gasteiger partial charge in [-0.05, 0) is 44.9 Å². The molecule has 704 valence electrons. The number of rotatable bonds is 58. The zero-order valence-corrected chi connectivity index (χ0v) is 72.8. The summed E-state index contributed by atoms with van der Waals surface area (Å²) in [5.74, 6) is -23.3. The molecule has 124 heavy (non-hydrogen) atoms. The summed E-state index contributed by atoms with van der Waals surface area (Å²) in [6.07, 6.45) is -3.00. The smallest absolute Gasteiger partial charge is 0.311 e. The van der Waals surface area contributed by atoms with Crippen molar-refractivity contribution in [3.8, 4) is 5.75 Å². The number of nitrogens with one attached hydrogen (secondary N) is 7. The zero-order chi connectivity index (χ0) is 92.0. The first-order valence-corrected chi connectivity index (χ1v) is 41.9. The van der Waals surface area contributed by atoms with Crippen LogP contribution in [-0.4, -0.2) is 262 Å². The van der Waals surface area contributed by atoms with E-state index in [1.807, 2.05) is 0 Å². The molecule has 0 bridgehead atoms. The second kappa shape index (κ2) is 57.7. The van der Waals surface area contributed by atoms with E-state index in [1.165, 1.54) is 62.3 Å². The fourth-order valence-corrected chi connectivity index (χ4v) is 13.8. The minimum Gasteiger partial charge on any atom is -0.463 e. The van der Waals surface area contributed by atoms with Crippen molar-refractivity contribution in [2.24, 2.45) is 23.2 Å². The molecule has 3 aliphatic heterocycles. The molecule has 0 spiro atoms. The second-order valence-electron chi connectivity index (χ2n) is 30.8. The van der Waals surface area contributed by atoms with Crippen LogP contribution in [0.1, 0.15) is 199 Å². The highest BCUT2D eigenvalue weighted by atomic mass is 19.2. The summed E-state index contributed by atoms with van der Waals surface area (Å²) in [6, 6.07) is -2.17. The van der Waals surface area contributed by atoms with Gasteiger partial charge in [-0.15, -0.1) is 0 Å². The Bertz CT molecular complexity index is 3300. The van der Waals surface area contributed by atoms with Gasteiger partial charge < -0.3 is 113 Å². The van der Waals surface area contributed by atoms with Crippen molar-refractivity contribution in [2.45, 2.75) is 272 Å². The van der Waals surface area contributed by atoms with Gasteiger partial charge in [-0.25, -0.2) is 13.2 Å². The first kappa shape index (κ1) is 107. The molecule has 3 fully saturated rings. The summed E-state index contributed by atoms with van der Waals surface area (Å²) in [5, 5.41) is 19.7. The van der Waals surface area contributed by atoms with E-state index in [2.05, 4.69) is 42.0 Å². The van der Waals surface area contributed by atoms with Crippen molar-refractivity contribution in [3.05, 3.63) is 29.1 Å². The van der Waals surface area contributed by atoms with E-state index in [4.69, 9.17) is 71.1 Å². The van der Waals surface area contributed by atoms with Crippen molar-refractivity contribution in [1.29, 1.82) is 0 Å². The van der Waals surface area contributed by atoms with Crippen molar-refractivity contribution < 1.29 is 165 Å². The molecule has 4 rings (SSSR count). The van der Waals surface area contributed by atoms with Crippen molar-refractivity contribution in [3.63, 3.8) is 0 Å². The highest BCUT2D eigenvalue weighted by Gasteiger charge is 2.50. The van der Waals surface area contributed by atoms with Crippen LogP contribution < -0.4 is 42.0 Å². The molecule has 3 saturated heterocycles. The zero-order valence-electron chi connectivity index (χ0n) is 72.8. The molecule has 0 radical (unpaired) electrons. The molecule has 37 nitrogen and oxygen atoms in total. The lowest BCUT2D eigenvalue weighted by atomic mass is 9.88. The Morgan fingerprint density at radius 1 is 0.339 bits per heavy atom. The van der Waals surface area contributed by atoms with Crippen LogP contribution in [0.5, 0.6) is 5.75 Å². The van der Waals surface area contributed by atoms with E-state index >= 15 is 0 Å². The third kappa shape index (κ3) is 40.6. The third-order valence-electron chi connectivity index (χ3n) is 20.0. The summed E-state index contributed by atoms with van der Waals surface area (Å²) in [4.78, 5) is 174. The summed E-state index contributed by atoms with van der Waals surface area (Å²) in [5.41, 5.74) is -1.36. The lowest BCUT2D eigenvalue weighted by molar-refractivity contribution is -0.262. The Labute approximate surface area is 718 Å². The van der Waals surface area contributed by atoms with Crippen LogP contribution in [0.3, 0.4) is 0 Å². The van der Waals surface area contributed by atoms with Gasteiger partial charge in [0.15, 0.2) is 18.9 Å². The predicted molar refractivity (Wildman–Crippen MR) is 423 cm³/mol. The summed E-state index contributed by atoms with van der Waals surface area (Å²) < 4.78 is 162. The SMILES string of the molecule is CC(=O)NC1[C@H](OCCCCCCNC(=O)CCOCC(CNC(=O)CCCC(=O)Oc2c(F)c(F)c(F)c(F)c2F)(COCCC(=O)NCCCCCCO[C@@H]2OC(COC(C)=O)[C@@H](OC(C)=O)[C@H](C)C2NC(C)=O)COCCC(=O)NCCCCCCO[C@@H]2OC(COC(C)=O)[C@@H](OC(C)=O)[C@H](C)C2NC(C)=O)OC(COC(C)=O)[C@@H](OC(C)=O)[C@@H]1C. The number of esters is 7. The van der Waals surface area contributed by atoms with E-state index < -0.39 is 192 Å². The van der Waals surface area contributed by atoms with Crippen LogP contribution >= 0.6 is 0 Å². The van der Waals surface area contributed by atoms with Gasteiger partial charge in [-0.1, -0.05) is 59.3 Å². The largest absolute Gasteiger partial charge is 0.463 e. The maximum atomic E-state index is 14.4. The maximum absolute atomic E-state index is 14.4. The van der Waals surface area contributed by atoms with Gasteiger partial charge in [0.05, 0.1) is 63.2 Å². The number of benzene rings is 1. The molecule has 7 amide bonds. The van der Waals surface area contributed by atoms with Gasteiger partial charge in [0.1, 0.15) is 56.4 Å². The van der Waals surface area contributed by atoms with Gasteiger partial charge in [0.25, 0.3) is 0 Å². The average molecular weight is 1780 g/mol. The Balaban J connectivity index is 1.41. The lowest BCUT2D eigenvalue weighted by Crippen LogP contribution is -2.62. The monoisotopic (exact) mass is 1780 g/mol. The van der Waals surface area contributed by atoms with Crippen LogP contribution in [-0.2, 0) is 138 Å². The predicted octanol–water partition coefficient (Wildman–Crippen LogP) is 4.94. The van der Waals surface area contributed by atoms with Gasteiger partial charge in [-0.3, -0.25) is 67.1 Å². The minimum atomic E-state index is -2.47. The minimum absolute atomic E-state index is 0.153. The van der Waals surface area contributed by atoms with Gasteiger partial charge in [0, 0.05) is 158 Å². The maximum Gasteiger partial charge on any atom is 0.311 e. The number of ether oxygens (including phenoxy) is 16. The number of carbonyl (C=O) groups excluding carboxylic acids is 14. The molecule has 0 saturated carbocycles. The highest BCUT2D eigenvalue weighted by Crippen LogP contribution is 2.35. The average Bonchev–Trinajstić information content (AvgIpc) is 0.814. The van der Waals surface area contributed by atoms with Crippen LogP contribution in [0.15, 0.2) is 0 Å². The molecule has 0 aromatic heterocycles. The second-order valence-corrected chi connectivity index (χ2v) is 30.8. The third-order valence-corrected chi connectivity index (χ3v) is 20.0. The number of carbonyl (C=O) groups is 14. The first-order valence-electron chi connectivity index (χ1n) is 41.9. The highest BCUT2D eigenvalue weighted by molar-refractivity contribution is 5.79. The molecule has 7 N–H and O–H groups in total. The molecule has 15 atom stereocenters. The molecule has 42 heteroatoms. The van der Waals surface area contributed by atoms with Crippen LogP contribution in [0.2, 0.25) is 0 Å². The molecule has 6 unspecified atom stereocenters. The first-order chi connectivity index (χ1) is 58.8. The Morgan fingerprint density at radius 2 is 0.629 bits per heavy atom. The van der Waals surface area contributed by atoms with Crippen molar-refractivity contribution >= 4 is 83.1 Å². The van der Waals surface area contributed by atoms with E-state index in [-0.39, 0.29) is 167 Å². The lowest BCUT2D eigenvalue weighted by Gasteiger charge is -2.44. The fourth-order valence-electron chi connectivity index (χ4n) is 13.8. The molecule has 1 aromatic rings. The summed E-state index contributed by atoms with van der Waals surface area (Å²) >= 11 is 0. The van der Waals surface area contributed by atoms with Gasteiger partial charge >= 0.3 is 41.8 Å². The van der Waals surface area contributed by atoms with E-state index in [9.17, 15) is 89.1 Å². The molecular formula is C82H126F5N7O30. The molecule has 3 aliphatic rings. The van der Waals surface area contributed by atoms with E-state index in [0.29, 0.717) is 77.0 Å². The van der Waals surface area contributed by atoms with Gasteiger partial charge in [-0.2, -0.15) is 8.78 Å². The van der Waals surface area contributed by atoms with Crippen molar-refractivity contribution in [1.82, 2.24) is 37.2 Å². The van der Waals surface area contributed by atoms with E-state index in [0.717, 1.165) is 0 Å². The standard InChI is InChI=1S/C82H126F5N7O30/c1-47-72(92-50(4)95)79(121-59(40-115-53(7)98)75(47)118-56(10)101)112-34-22-16-13-19-31-88-63(105)28-37-109-44-82(43-91-62(104)26-25-27-66(108)124-78-70(86)68(84)67(83)69(85)71(78)87,45-110-38-29-64(106)89-32-20-14-17-23-35-113-80-73(93-51(5)96)48(2)76(119-57(11)102)60(122-80)41-116-54(8)99)46-111-39-30-65(107)90-33-21-15-18-24-36-114-81-74(94-52(6)97)49(3)77(120-58(12)103)61(123-81)42-117-55(9)100/h47-49,59-61,72-77,79-81H,13-46H2,1-12H3,(H,88,105)(H,89,106)(H,90,107)(H,91,104)(H,92,95)(H,93,96)(H,94,97)/t47-,48-,49-,59?,60?,61?,72?,73?,74?,75+,76+,77+,79-,80-,81-,82?/m1/s1. The summed E-state index contributed by atoms with van der Waals surface area (Å²) in [6.45, 7) is 15.5. The number of amides is 7. The molecular weight excluding hydrogens is 1660 g/mol. The molecule has 1 aromatic carbocycles. The van der Waals surface area contributed by atoms with Gasteiger partial charge in [0.2, 0.25) is 76.2 Å². The Morgan fingerprint density at radius 3 is 0.919 bits per heavy atom. The van der Waals surface area contributed by atoms with Crippen molar-refractivity contribution in [2.75, 3.05) is 105 Å². The van der Waals surface area contributed by atoms with Crippen LogP contribution in [0.25, 0.3) is 0 Å². The molecule has 0 aliphatic carbocycles. The van der Waals surface area contributed by atoms with Crippen LogP contribution in [0.4, 0.5) is 22.0 Å². The number of hydrogen-bond donors (Lipinski definition) is 7. The fraction of sp³-hybridized carbons (Fsp3) is 0.756. The topological polar surface area (TPSA) is 471 Å². The molecule has 3 heterocycles. The number of halogens is 5. The Kier molecular flexibility index (Phi) is 49.9. The normalized spacial score (nSPS) is 22.7. The number of hydrogen-bond acceptors (Lipinski definition) is 30.